The summed E-state index contributed by atoms with van der Waals surface area (Å²) in [4.78, 5) is 15.1. The molecule has 1 saturated carbocycles. The quantitative estimate of drug-likeness (QED) is 0.672. The molecule has 5 nitrogen and oxygen atoms in total. The predicted octanol–water partition coefficient (Wildman–Crippen LogP) is 0.823. The van der Waals surface area contributed by atoms with Gasteiger partial charge in [0.05, 0.1) is 12.7 Å². The van der Waals surface area contributed by atoms with Crippen LogP contribution in [0.2, 0.25) is 0 Å². The standard InChI is InChI=1S/C11H17N3O2/c15-11(14-9-3-4-9)2-1-5-12-6-10-7-13-8-16-10/h7-9,12H,1-6H2,(H,14,15). The van der Waals surface area contributed by atoms with E-state index < -0.39 is 0 Å². The fraction of sp³-hybridized carbons (Fsp3) is 0.636. The van der Waals surface area contributed by atoms with Gasteiger partial charge in [0.15, 0.2) is 6.39 Å². The van der Waals surface area contributed by atoms with Gasteiger partial charge in [-0.05, 0) is 25.8 Å². The van der Waals surface area contributed by atoms with Crippen molar-refractivity contribution in [2.45, 2.75) is 38.3 Å². The number of nitrogens with one attached hydrogen (secondary N) is 2. The van der Waals surface area contributed by atoms with Crippen LogP contribution in [0.25, 0.3) is 0 Å². The molecule has 1 aliphatic carbocycles. The van der Waals surface area contributed by atoms with Crippen LogP contribution >= 0.6 is 0 Å². The minimum absolute atomic E-state index is 0.170. The maximum Gasteiger partial charge on any atom is 0.220 e. The summed E-state index contributed by atoms with van der Waals surface area (Å²) in [6.45, 7) is 1.49. The van der Waals surface area contributed by atoms with Crippen molar-refractivity contribution in [2.75, 3.05) is 6.54 Å². The van der Waals surface area contributed by atoms with Gasteiger partial charge >= 0.3 is 0 Å². The van der Waals surface area contributed by atoms with Crippen molar-refractivity contribution in [2.24, 2.45) is 0 Å². The molecule has 2 N–H and O–H groups in total. The van der Waals surface area contributed by atoms with Gasteiger partial charge in [-0.25, -0.2) is 4.98 Å². The Morgan fingerprint density at radius 2 is 2.44 bits per heavy atom. The first-order chi connectivity index (χ1) is 7.84. The molecule has 1 aliphatic rings. The Morgan fingerprint density at radius 1 is 1.56 bits per heavy atom. The van der Waals surface area contributed by atoms with Crippen LogP contribution in [-0.4, -0.2) is 23.5 Å². The van der Waals surface area contributed by atoms with E-state index in [1.54, 1.807) is 6.20 Å². The van der Waals surface area contributed by atoms with E-state index in [2.05, 4.69) is 15.6 Å². The molecule has 1 heterocycles. The number of oxazole rings is 1. The Hall–Kier alpha value is -1.36. The molecule has 0 aromatic carbocycles. The van der Waals surface area contributed by atoms with Crippen molar-refractivity contribution in [1.82, 2.24) is 15.6 Å². The van der Waals surface area contributed by atoms with Crippen LogP contribution in [0.4, 0.5) is 0 Å². The summed E-state index contributed by atoms with van der Waals surface area (Å²) in [5.41, 5.74) is 0. The van der Waals surface area contributed by atoms with Crippen molar-refractivity contribution in [3.63, 3.8) is 0 Å². The first-order valence-electron chi connectivity index (χ1n) is 5.72. The lowest BCUT2D eigenvalue weighted by Gasteiger charge is -2.03. The Bertz CT molecular complexity index is 320. The maximum absolute atomic E-state index is 11.3. The molecule has 0 spiro atoms. The number of carbonyl (C=O) groups is 1. The highest BCUT2D eigenvalue weighted by atomic mass is 16.3. The summed E-state index contributed by atoms with van der Waals surface area (Å²) in [5, 5.41) is 6.16. The molecular formula is C11H17N3O2. The van der Waals surface area contributed by atoms with Crippen LogP contribution in [-0.2, 0) is 11.3 Å². The first-order valence-corrected chi connectivity index (χ1v) is 5.72. The molecule has 16 heavy (non-hydrogen) atoms. The molecule has 5 heteroatoms. The van der Waals surface area contributed by atoms with Gasteiger partial charge in [-0.3, -0.25) is 4.79 Å². The van der Waals surface area contributed by atoms with Crippen molar-refractivity contribution >= 4 is 5.91 Å². The van der Waals surface area contributed by atoms with Crippen LogP contribution in [0.3, 0.4) is 0 Å². The Labute approximate surface area is 94.6 Å². The van der Waals surface area contributed by atoms with Crippen molar-refractivity contribution in [3.8, 4) is 0 Å². The minimum Gasteiger partial charge on any atom is -0.447 e. The largest absolute Gasteiger partial charge is 0.447 e. The molecule has 2 rings (SSSR count). The first kappa shape index (κ1) is 11.1. The van der Waals surface area contributed by atoms with Crippen molar-refractivity contribution < 1.29 is 9.21 Å². The molecule has 0 bridgehead atoms. The summed E-state index contributed by atoms with van der Waals surface area (Å²) in [6, 6.07) is 0.467. The number of aromatic nitrogens is 1. The summed E-state index contributed by atoms with van der Waals surface area (Å²) in [6.07, 6.45) is 6.85. The van der Waals surface area contributed by atoms with E-state index in [-0.39, 0.29) is 5.91 Å². The second-order valence-electron chi connectivity index (χ2n) is 4.09. The highest BCUT2D eigenvalue weighted by Crippen LogP contribution is 2.18. The van der Waals surface area contributed by atoms with Crippen LogP contribution in [0.5, 0.6) is 0 Å². The lowest BCUT2D eigenvalue weighted by Crippen LogP contribution is -2.26. The summed E-state index contributed by atoms with van der Waals surface area (Å²) in [7, 11) is 0. The fourth-order valence-electron chi connectivity index (χ4n) is 1.44. The third-order valence-electron chi connectivity index (χ3n) is 2.48. The van der Waals surface area contributed by atoms with Crippen LogP contribution in [0.15, 0.2) is 17.0 Å². The van der Waals surface area contributed by atoms with Gasteiger partial charge in [0.1, 0.15) is 5.76 Å². The lowest BCUT2D eigenvalue weighted by atomic mass is 10.3. The van der Waals surface area contributed by atoms with Gasteiger partial charge in [-0.1, -0.05) is 0 Å². The Morgan fingerprint density at radius 3 is 3.12 bits per heavy atom. The zero-order valence-electron chi connectivity index (χ0n) is 9.24. The lowest BCUT2D eigenvalue weighted by molar-refractivity contribution is -0.121. The van der Waals surface area contributed by atoms with Gasteiger partial charge in [0.25, 0.3) is 0 Å². The number of hydrogen-bond donors (Lipinski definition) is 2. The maximum atomic E-state index is 11.3. The zero-order chi connectivity index (χ0) is 11.2. The number of rotatable bonds is 7. The van der Waals surface area contributed by atoms with Gasteiger partial charge in [0.2, 0.25) is 5.91 Å². The van der Waals surface area contributed by atoms with Crippen molar-refractivity contribution in [3.05, 3.63) is 18.4 Å². The third-order valence-corrected chi connectivity index (χ3v) is 2.48. The average Bonchev–Trinajstić information content (AvgIpc) is 2.93. The number of nitrogens with zero attached hydrogens (tertiary/aromatic N) is 1. The molecule has 1 aromatic heterocycles. The highest BCUT2D eigenvalue weighted by molar-refractivity contribution is 5.76. The van der Waals surface area contributed by atoms with Gasteiger partial charge in [-0.2, -0.15) is 0 Å². The molecule has 0 radical (unpaired) electrons. The van der Waals surface area contributed by atoms with E-state index in [9.17, 15) is 4.79 Å². The van der Waals surface area contributed by atoms with Gasteiger partial charge in [-0.15, -0.1) is 0 Å². The second kappa shape index (κ2) is 5.65. The molecule has 0 unspecified atom stereocenters. The smallest absolute Gasteiger partial charge is 0.220 e. The van der Waals surface area contributed by atoms with E-state index in [0.717, 1.165) is 31.6 Å². The molecular weight excluding hydrogens is 206 g/mol. The average molecular weight is 223 g/mol. The number of amides is 1. The fourth-order valence-corrected chi connectivity index (χ4v) is 1.44. The molecule has 0 atom stereocenters. The van der Waals surface area contributed by atoms with Gasteiger partial charge < -0.3 is 15.1 Å². The summed E-state index contributed by atoms with van der Waals surface area (Å²) in [5.74, 6) is 0.992. The molecule has 1 fully saturated rings. The van der Waals surface area contributed by atoms with Crippen LogP contribution in [0, 0.1) is 0 Å². The van der Waals surface area contributed by atoms with E-state index in [1.807, 2.05) is 0 Å². The molecule has 88 valence electrons. The highest BCUT2D eigenvalue weighted by Gasteiger charge is 2.22. The van der Waals surface area contributed by atoms with E-state index in [1.165, 1.54) is 6.39 Å². The van der Waals surface area contributed by atoms with E-state index in [0.29, 0.717) is 19.0 Å². The minimum atomic E-state index is 0.170. The molecule has 1 aromatic rings. The Balaban J connectivity index is 1.46. The normalized spacial score (nSPS) is 15.0. The van der Waals surface area contributed by atoms with Crippen LogP contribution < -0.4 is 10.6 Å². The molecule has 0 aliphatic heterocycles. The molecule has 0 saturated heterocycles. The summed E-state index contributed by atoms with van der Waals surface area (Å²) >= 11 is 0. The number of carbonyl (C=O) groups excluding carboxylic acids is 1. The van der Waals surface area contributed by atoms with E-state index >= 15 is 0 Å². The second-order valence-corrected chi connectivity index (χ2v) is 4.09. The topological polar surface area (TPSA) is 67.2 Å². The van der Waals surface area contributed by atoms with Crippen LogP contribution in [0.1, 0.15) is 31.4 Å². The monoisotopic (exact) mass is 223 g/mol. The molecule has 1 amide bonds. The predicted molar refractivity (Wildman–Crippen MR) is 58.6 cm³/mol. The SMILES string of the molecule is O=C(CCCNCc1cnco1)NC1CC1. The van der Waals surface area contributed by atoms with Crippen molar-refractivity contribution in [1.29, 1.82) is 0 Å². The van der Waals surface area contributed by atoms with Gasteiger partial charge in [0, 0.05) is 12.5 Å². The Kier molecular flexibility index (Phi) is 3.93. The third kappa shape index (κ3) is 4.02. The zero-order valence-corrected chi connectivity index (χ0v) is 9.24. The summed E-state index contributed by atoms with van der Waals surface area (Å²) < 4.78 is 5.07. The van der Waals surface area contributed by atoms with E-state index in [4.69, 9.17) is 4.42 Å². The number of hydrogen-bond acceptors (Lipinski definition) is 4.